The molecule has 1 aromatic rings. The molecular formula is C15H22Br2N2. The SMILES string of the molecule is CC(C)CN(C1CC1)C(CN)c1ccc(Br)c(Br)c1. The molecule has 0 amide bonds. The number of hydrogen-bond donors (Lipinski definition) is 1. The van der Waals surface area contributed by atoms with Crippen LogP contribution in [0.3, 0.4) is 0 Å². The second-order valence-corrected chi connectivity index (χ2v) is 7.46. The summed E-state index contributed by atoms with van der Waals surface area (Å²) in [6.07, 6.45) is 2.64. The molecule has 1 fully saturated rings. The molecule has 19 heavy (non-hydrogen) atoms. The molecule has 0 heterocycles. The average molecular weight is 390 g/mol. The van der Waals surface area contributed by atoms with Gasteiger partial charge in [-0.3, -0.25) is 4.90 Å². The van der Waals surface area contributed by atoms with Gasteiger partial charge in [0.25, 0.3) is 0 Å². The Morgan fingerprint density at radius 2 is 1.95 bits per heavy atom. The van der Waals surface area contributed by atoms with Crippen molar-refractivity contribution in [2.24, 2.45) is 11.7 Å². The van der Waals surface area contributed by atoms with Crippen molar-refractivity contribution in [3.63, 3.8) is 0 Å². The highest BCUT2D eigenvalue weighted by atomic mass is 79.9. The molecule has 0 aliphatic heterocycles. The third-order valence-corrected chi connectivity index (χ3v) is 5.42. The van der Waals surface area contributed by atoms with Crippen LogP contribution >= 0.6 is 31.9 Å². The molecule has 0 radical (unpaired) electrons. The lowest BCUT2D eigenvalue weighted by molar-refractivity contribution is 0.169. The zero-order chi connectivity index (χ0) is 14.0. The molecule has 106 valence electrons. The Bertz CT molecular complexity index is 430. The minimum atomic E-state index is 0.333. The number of halogens is 2. The van der Waals surface area contributed by atoms with Crippen molar-refractivity contribution < 1.29 is 0 Å². The molecule has 0 spiro atoms. The molecule has 2 nitrogen and oxygen atoms in total. The van der Waals surface area contributed by atoms with Crippen LogP contribution in [0.4, 0.5) is 0 Å². The van der Waals surface area contributed by atoms with Gasteiger partial charge in [-0.25, -0.2) is 0 Å². The van der Waals surface area contributed by atoms with E-state index in [1.54, 1.807) is 0 Å². The molecule has 1 aliphatic carbocycles. The van der Waals surface area contributed by atoms with E-state index in [1.165, 1.54) is 18.4 Å². The van der Waals surface area contributed by atoms with E-state index in [1.807, 2.05) is 0 Å². The summed E-state index contributed by atoms with van der Waals surface area (Å²) in [5, 5.41) is 0. The van der Waals surface area contributed by atoms with Crippen molar-refractivity contribution in [2.75, 3.05) is 13.1 Å². The van der Waals surface area contributed by atoms with Gasteiger partial charge in [0.15, 0.2) is 0 Å². The monoisotopic (exact) mass is 388 g/mol. The molecule has 1 saturated carbocycles. The first kappa shape index (κ1) is 15.5. The van der Waals surface area contributed by atoms with Gasteiger partial charge >= 0.3 is 0 Å². The quantitative estimate of drug-likeness (QED) is 0.784. The van der Waals surface area contributed by atoms with Crippen LogP contribution in [0.2, 0.25) is 0 Å². The number of rotatable bonds is 6. The zero-order valence-electron chi connectivity index (χ0n) is 11.6. The molecule has 4 heteroatoms. The average Bonchev–Trinajstić information content (AvgIpc) is 3.17. The number of benzene rings is 1. The minimum absolute atomic E-state index is 0.333. The smallest absolute Gasteiger partial charge is 0.0473 e. The lowest BCUT2D eigenvalue weighted by Crippen LogP contribution is -2.38. The lowest BCUT2D eigenvalue weighted by atomic mass is 10.0. The normalized spacial score (nSPS) is 17.2. The molecule has 1 aromatic carbocycles. The van der Waals surface area contributed by atoms with Gasteiger partial charge in [-0.05, 0) is 68.3 Å². The van der Waals surface area contributed by atoms with Crippen LogP contribution in [0.25, 0.3) is 0 Å². The Kier molecular flexibility index (Phi) is 5.46. The molecule has 1 atom stereocenters. The summed E-state index contributed by atoms with van der Waals surface area (Å²) < 4.78 is 2.19. The maximum atomic E-state index is 6.07. The van der Waals surface area contributed by atoms with Crippen molar-refractivity contribution in [3.05, 3.63) is 32.7 Å². The first-order valence-corrected chi connectivity index (χ1v) is 8.52. The van der Waals surface area contributed by atoms with E-state index in [0.29, 0.717) is 18.5 Å². The van der Waals surface area contributed by atoms with E-state index in [4.69, 9.17) is 5.73 Å². The van der Waals surface area contributed by atoms with E-state index < -0.39 is 0 Å². The van der Waals surface area contributed by atoms with Crippen molar-refractivity contribution >= 4 is 31.9 Å². The maximum absolute atomic E-state index is 6.07. The number of hydrogen-bond acceptors (Lipinski definition) is 2. The predicted octanol–water partition coefficient (Wildman–Crippen LogP) is 4.33. The van der Waals surface area contributed by atoms with E-state index in [2.05, 4.69) is 68.8 Å². The van der Waals surface area contributed by atoms with Gasteiger partial charge < -0.3 is 5.73 Å². The molecule has 0 saturated heterocycles. The van der Waals surface area contributed by atoms with Crippen molar-refractivity contribution in [2.45, 2.75) is 38.8 Å². The maximum Gasteiger partial charge on any atom is 0.0473 e. The molecule has 1 unspecified atom stereocenters. The van der Waals surface area contributed by atoms with Crippen LogP contribution in [-0.4, -0.2) is 24.0 Å². The van der Waals surface area contributed by atoms with E-state index in [9.17, 15) is 0 Å². The van der Waals surface area contributed by atoms with Gasteiger partial charge in [-0.1, -0.05) is 19.9 Å². The van der Waals surface area contributed by atoms with Crippen molar-refractivity contribution in [3.8, 4) is 0 Å². The van der Waals surface area contributed by atoms with E-state index in [-0.39, 0.29) is 0 Å². The van der Waals surface area contributed by atoms with Gasteiger partial charge in [0.05, 0.1) is 0 Å². The molecule has 0 aromatic heterocycles. The fourth-order valence-corrected chi connectivity index (χ4v) is 3.18. The highest BCUT2D eigenvalue weighted by Crippen LogP contribution is 2.36. The summed E-state index contributed by atoms with van der Waals surface area (Å²) in [4.78, 5) is 2.60. The standard InChI is InChI=1S/C15H22Br2N2/c1-10(2)9-19(12-4-5-12)15(8-18)11-3-6-13(16)14(17)7-11/h3,6-7,10,12,15H,4-5,8-9,18H2,1-2H3. The third-order valence-electron chi connectivity index (χ3n) is 3.54. The first-order valence-electron chi connectivity index (χ1n) is 6.93. The van der Waals surface area contributed by atoms with Crippen LogP contribution in [0, 0.1) is 5.92 Å². The van der Waals surface area contributed by atoms with Crippen LogP contribution in [0.15, 0.2) is 27.1 Å². The molecule has 2 rings (SSSR count). The Balaban J connectivity index is 2.22. The lowest BCUT2D eigenvalue weighted by Gasteiger charge is -2.33. The van der Waals surface area contributed by atoms with Gasteiger partial charge in [0.1, 0.15) is 0 Å². The summed E-state index contributed by atoms with van der Waals surface area (Å²) in [6, 6.07) is 7.54. The third kappa shape index (κ3) is 4.03. The van der Waals surface area contributed by atoms with Gasteiger partial charge in [-0.2, -0.15) is 0 Å². The zero-order valence-corrected chi connectivity index (χ0v) is 14.7. The Labute approximate surface area is 133 Å². The van der Waals surface area contributed by atoms with Crippen LogP contribution < -0.4 is 5.73 Å². The number of nitrogens with zero attached hydrogens (tertiary/aromatic N) is 1. The summed E-state index contributed by atoms with van der Waals surface area (Å²) >= 11 is 7.12. The Morgan fingerprint density at radius 3 is 2.42 bits per heavy atom. The summed E-state index contributed by atoms with van der Waals surface area (Å²) in [6.45, 7) is 6.36. The molecule has 2 N–H and O–H groups in total. The summed E-state index contributed by atoms with van der Waals surface area (Å²) in [7, 11) is 0. The summed E-state index contributed by atoms with van der Waals surface area (Å²) in [5.74, 6) is 0.675. The topological polar surface area (TPSA) is 29.3 Å². The van der Waals surface area contributed by atoms with Gasteiger partial charge in [-0.15, -0.1) is 0 Å². The molecule has 0 bridgehead atoms. The van der Waals surface area contributed by atoms with E-state index in [0.717, 1.165) is 21.5 Å². The van der Waals surface area contributed by atoms with Crippen LogP contribution in [0.5, 0.6) is 0 Å². The highest BCUT2D eigenvalue weighted by Gasteiger charge is 2.34. The van der Waals surface area contributed by atoms with Crippen LogP contribution in [-0.2, 0) is 0 Å². The largest absolute Gasteiger partial charge is 0.329 e. The predicted molar refractivity (Wildman–Crippen MR) is 88.2 cm³/mol. The van der Waals surface area contributed by atoms with E-state index >= 15 is 0 Å². The molecule has 1 aliphatic rings. The Morgan fingerprint density at radius 1 is 1.26 bits per heavy atom. The van der Waals surface area contributed by atoms with Gasteiger partial charge in [0, 0.05) is 34.1 Å². The second kappa shape index (κ2) is 6.70. The second-order valence-electron chi connectivity index (χ2n) is 5.75. The van der Waals surface area contributed by atoms with Crippen LogP contribution in [0.1, 0.15) is 38.3 Å². The molecular weight excluding hydrogens is 368 g/mol. The number of nitrogens with two attached hydrogens (primary N) is 1. The first-order chi connectivity index (χ1) is 9.02. The fraction of sp³-hybridized carbons (Fsp3) is 0.600. The Hall–Kier alpha value is 0.1000. The van der Waals surface area contributed by atoms with Gasteiger partial charge in [0.2, 0.25) is 0 Å². The highest BCUT2D eigenvalue weighted by molar-refractivity contribution is 9.13. The van der Waals surface area contributed by atoms with Crippen molar-refractivity contribution in [1.82, 2.24) is 4.90 Å². The fourth-order valence-electron chi connectivity index (χ4n) is 2.54. The minimum Gasteiger partial charge on any atom is -0.329 e. The van der Waals surface area contributed by atoms with Crippen molar-refractivity contribution in [1.29, 1.82) is 0 Å². The summed E-state index contributed by atoms with van der Waals surface area (Å²) in [5.41, 5.74) is 7.38.